The van der Waals surface area contributed by atoms with Crippen LogP contribution in [0.2, 0.25) is 0 Å². The average Bonchev–Trinajstić information content (AvgIpc) is 3.47. The lowest BCUT2D eigenvalue weighted by Gasteiger charge is -2.09. The zero-order valence-electron chi connectivity index (χ0n) is 17.0. The molecule has 0 spiro atoms. The number of carbonyl (C=O) groups is 1. The molecule has 8 nitrogen and oxygen atoms in total. The molecule has 0 saturated carbocycles. The van der Waals surface area contributed by atoms with Crippen molar-refractivity contribution in [1.29, 1.82) is 0 Å². The highest BCUT2D eigenvalue weighted by molar-refractivity contribution is 7.21. The fourth-order valence-corrected chi connectivity index (χ4v) is 4.44. The van der Waals surface area contributed by atoms with E-state index in [9.17, 15) is 4.79 Å². The topological polar surface area (TPSA) is 86.3 Å². The molecule has 154 valence electrons. The first-order valence-corrected chi connectivity index (χ1v) is 10.3. The van der Waals surface area contributed by atoms with Crippen molar-refractivity contribution in [1.82, 2.24) is 24.8 Å². The zero-order chi connectivity index (χ0) is 21.1. The predicted molar refractivity (Wildman–Crippen MR) is 117 cm³/mol. The van der Waals surface area contributed by atoms with Gasteiger partial charge in [0.05, 0.1) is 24.7 Å². The summed E-state index contributed by atoms with van der Waals surface area (Å²) in [5.74, 6) is -0.290. The Morgan fingerprint density at radius 1 is 1.37 bits per heavy atom. The second-order valence-electron chi connectivity index (χ2n) is 6.73. The molecule has 0 aliphatic carbocycles. The highest BCUT2D eigenvalue weighted by Gasteiger charge is 2.23. The number of aryl methyl sites for hydroxylation is 2. The molecule has 30 heavy (non-hydrogen) atoms. The van der Waals surface area contributed by atoms with E-state index in [0.29, 0.717) is 11.5 Å². The van der Waals surface area contributed by atoms with Crippen LogP contribution in [0, 0.1) is 6.92 Å². The molecule has 0 atom stereocenters. The third-order valence-corrected chi connectivity index (χ3v) is 5.64. The highest BCUT2D eigenvalue weighted by Crippen LogP contribution is 2.36. The number of hydrogen-bond acceptors (Lipinski definition) is 6. The first-order valence-electron chi connectivity index (χ1n) is 9.51. The second-order valence-corrected chi connectivity index (χ2v) is 7.73. The summed E-state index contributed by atoms with van der Waals surface area (Å²) in [5, 5.41) is 9.22. The maximum atomic E-state index is 13.0. The molecule has 0 unspecified atom stereocenters. The Balaban J connectivity index is 1.73. The number of carbonyl (C=O) groups excluding carboxylic acids is 1. The van der Waals surface area contributed by atoms with Crippen LogP contribution in [0.5, 0.6) is 0 Å². The van der Waals surface area contributed by atoms with Crippen molar-refractivity contribution >= 4 is 33.7 Å². The Bertz CT molecular complexity index is 1210. The molecule has 0 aliphatic rings. The molecule has 0 radical (unpaired) electrons. The van der Waals surface area contributed by atoms with Gasteiger partial charge in [0.25, 0.3) is 5.91 Å². The number of fused-ring (bicyclic) bond motifs is 1. The van der Waals surface area contributed by atoms with Gasteiger partial charge < -0.3 is 9.30 Å². The molecule has 0 aliphatic heterocycles. The molecular weight excluding hydrogens is 400 g/mol. The van der Waals surface area contributed by atoms with Crippen LogP contribution in [-0.2, 0) is 17.9 Å². The molecule has 4 rings (SSSR count). The van der Waals surface area contributed by atoms with Crippen LogP contribution in [0.25, 0.3) is 15.9 Å². The van der Waals surface area contributed by atoms with Crippen molar-refractivity contribution in [3.05, 3.63) is 64.7 Å². The second kappa shape index (κ2) is 8.60. The molecule has 1 N–H and O–H groups in total. The standard InChI is InChI=1S/C21H22N6O2S/c1-4-27-12-15(11-23-27)10-22-25-20(28)19-18(26-7-5-6-8-26)17-16(13-29-3)9-14(2)24-21(17)30-19/h5-12H,4,13H2,1-3H3,(H,25,28)/b22-10+. The molecule has 4 aromatic rings. The largest absolute Gasteiger partial charge is 0.380 e. The van der Waals surface area contributed by atoms with Crippen molar-refractivity contribution < 1.29 is 9.53 Å². The number of aromatic nitrogens is 4. The Kier molecular flexibility index (Phi) is 5.73. The summed E-state index contributed by atoms with van der Waals surface area (Å²) >= 11 is 1.35. The third kappa shape index (κ3) is 3.89. The summed E-state index contributed by atoms with van der Waals surface area (Å²) in [4.78, 5) is 19.0. The Morgan fingerprint density at radius 2 is 2.17 bits per heavy atom. The van der Waals surface area contributed by atoms with Gasteiger partial charge in [0, 0.05) is 48.9 Å². The number of thiophene rings is 1. The minimum absolute atomic E-state index is 0.290. The predicted octanol–water partition coefficient (Wildman–Crippen LogP) is 3.52. The van der Waals surface area contributed by atoms with Gasteiger partial charge in [0.15, 0.2) is 0 Å². The van der Waals surface area contributed by atoms with Crippen molar-refractivity contribution in [3.63, 3.8) is 0 Å². The van der Waals surface area contributed by atoms with Crippen LogP contribution < -0.4 is 5.43 Å². The van der Waals surface area contributed by atoms with E-state index in [1.807, 2.05) is 55.2 Å². The highest BCUT2D eigenvalue weighted by atomic mass is 32.1. The normalized spacial score (nSPS) is 11.6. The molecule has 0 aromatic carbocycles. The number of nitrogens with one attached hydrogen (secondary N) is 1. The van der Waals surface area contributed by atoms with Crippen molar-refractivity contribution in [2.24, 2.45) is 5.10 Å². The minimum Gasteiger partial charge on any atom is -0.380 e. The average molecular weight is 423 g/mol. The number of hydrazone groups is 1. The summed E-state index contributed by atoms with van der Waals surface area (Å²) in [7, 11) is 1.66. The van der Waals surface area contributed by atoms with Gasteiger partial charge in [0.1, 0.15) is 9.71 Å². The quantitative estimate of drug-likeness (QED) is 0.365. The van der Waals surface area contributed by atoms with Crippen molar-refractivity contribution in [2.45, 2.75) is 27.0 Å². The van der Waals surface area contributed by atoms with Gasteiger partial charge in [0.2, 0.25) is 0 Å². The first-order chi connectivity index (χ1) is 14.6. The van der Waals surface area contributed by atoms with Gasteiger partial charge in [-0.1, -0.05) is 0 Å². The maximum absolute atomic E-state index is 13.0. The van der Waals surface area contributed by atoms with E-state index in [4.69, 9.17) is 4.74 Å². The van der Waals surface area contributed by atoms with Gasteiger partial charge in [-0.3, -0.25) is 9.48 Å². The number of rotatable bonds is 7. The van der Waals surface area contributed by atoms with Crippen molar-refractivity contribution in [2.75, 3.05) is 7.11 Å². The molecule has 9 heteroatoms. The molecule has 1 amide bonds. The fraction of sp³-hybridized carbons (Fsp3) is 0.238. The minimum atomic E-state index is -0.290. The number of pyridine rings is 1. The molecule has 4 aromatic heterocycles. The summed E-state index contributed by atoms with van der Waals surface area (Å²) in [6.45, 7) is 5.16. The Labute approximate surface area is 177 Å². The van der Waals surface area contributed by atoms with E-state index in [1.54, 1.807) is 24.2 Å². The summed E-state index contributed by atoms with van der Waals surface area (Å²) in [6.07, 6.45) is 8.98. The summed E-state index contributed by atoms with van der Waals surface area (Å²) < 4.78 is 9.12. The molecule has 0 saturated heterocycles. The summed E-state index contributed by atoms with van der Waals surface area (Å²) in [5.41, 5.74) is 6.11. The lowest BCUT2D eigenvalue weighted by atomic mass is 10.1. The smallest absolute Gasteiger partial charge is 0.283 e. The number of nitrogens with zero attached hydrogens (tertiary/aromatic N) is 5. The van der Waals surface area contributed by atoms with Crippen LogP contribution in [-0.4, -0.2) is 38.6 Å². The van der Waals surface area contributed by atoms with E-state index in [-0.39, 0.29) is 5.91 Å². The van der Waals surface area contributed by atoms with Gasteiger partial charge in [-0.15, -0.1) is 11.3 Å². The molecular formula is C21H22N6O2S. The van der Waals surface area contributed by atoms with E-state index in [2.05, 4.69) is 20.6 Å². The number of amides is 1. The number of hydrogen-bond donors (Lipinski definition) is 1. The van der Waals surface area contributed by atoms with E-state index in [0.717, 1.165) is 39.3 Å². The van der Waals surface area contributed by atoms with E-state index >= 15 is 0 Å². The van der Waals surface area contributed by atoms with Crippen LogP contribution in [0.1, 0.15) is 33.4 Å². The SMILES string of the molecule is CCn1cc(/C=N/NC(=O)c2sc3nc(C)cc(COC)c3c2-n2cccc2)cn1. The number of methoxy groups -OCH3 is 1. The lowest BCUT2D eigenvalue weighted by Crippen LogP contribution is -2.18. The maximum Gasteiger partial charge on any atom is 0.283 e. The van der Waals surface area contributed by atoms with Crippen LogP contribution >= 0.6 is 11.3 Å². The summed E-state index contributed by atoms with van der Waals surface area (Å²) in [6, 6.07) is 5.84. The fourth-order valence-electron chi connectivity index (χ4n) is 3.28. The van der Waals surface area contributed by atoms with Gasteiger partial charge >= 0.3 is 0 Å². The van der Waals surface area contributed by atoms with Crippen LogP contribution in [0.3, 0.4) is 0 Å². The lowest BCUT2D eigenvalue weighted by molar-refractivity contribution is 0.0959. The van der Waals surface area contributed by atoms with Crippen LogP contribution in [0.4, 0.5) is 0 Å². The first kappa shape index (κ1) is 20.0. The van der Waals surface area contributed by atoms with Crippen molar-refractivity contribution in [3.8, 4) is 5.69 Å². The van der Waals surface area contributed by atoms with Gasteiger partial charge in [-0.25, -0.2) is 10.4 Å². The zero-order valence-corrected chi connectivity index (χ0v) is 17.8. The Hall–Kier alpha value is -3.30. The third-order valence-electron chi connectivity index (χ3n) is 4.57. The molecule has 0 bridgehead atoms. The number of ether oxygens (including phenoxy) is 1. The van der Waals surface area contributed by atoms with Gasteiger partial charge in [-0.05, 0) is 37.6 Å². The van der Waals surface area contributed by atoms with E-state index in [1.165, 1.54) is 11.3 Å². The Morgan fingerprint density at radius 3 is 2.87 bits per heavy atom. The van der Waals surface area contributed by atoms with E-state index < -0.39 is 0 Å². The molecule has 4 heterocycles. The van der Waals surface area contributed by atoms with Crippen LogP contribution in [0.15, 0.2) is 48.1 Å². The molecule has 0 fully saturated rings. The monoisotopic (exact) mass is 422 g/mol. The van der Waals surface area contributed by atoms with Gasteiger partial charge in [-0.2, -0.15) is 10.2 Å².